The predicted octanol–water partition coefficient (Wildman–Crippen LogP) is 2.15. The van der Waals surface area contributed by atoms with Gasteiger partial charge >= 0.3 is 0 Å². The van der Waals surface area contributed by atoms with Crippen molar-refractivity contribution in [2.45, 2.75) is 12.5 Å². The summed E-state index contributed by atoms with van der Waals surface area (Å²) in [5.41, 5.74) is 0.131. The second-order valence-corrected chi connectivity index (χ2v) is 4.89. The van der Waals surface area contributed by atoms with E-state index in [4.69, 9.17) is 4.74 Å². The first-order valence-corrected chi connectivity index (χ1v) is 6.25. The van der Waals surface area contributed by atoms with Gasteiger partial charge < -0.3 is 10.1 Å². The van der Waals surface area contributed by atoms with E-state index in [-0.39, 0.29) is 23.8 Å². The normalized spacial score (nSPS) is 20.2. The minimum Gasteiger partial charge on any atom is -0.378 e. The topological polar surface area (TPSA) is 38.3 Å². The Kier molecular flexibility index (Phi) is 4.25. The summed E-state index contributed by atoms with van der Waals surface area (Å²) in [5, 5.41) is 3.17. The van der Waals surface area contributed by atoms with Crippen LogP contribution in [0.4, 0.5) is 4.39 Å². The maximum Gasteiger partial charge on any atom is 0.167 e. The summed E-state index contributed by atoms with van der Waals surface area (Å²) in [7, 11) is 0. The van der Waals surface area contributed by atoms with Crippen LogP contribution in [0.1, 0.15) is 16.8 Å². The van der Waals surface area contributed by atoms with Gasteiger partial charge in [-0.25, -0.2) is 4.39 Å². The summed E-state index contributed by atoms with van der Waals surface area (Å²) in [6, 6.07) is 4.37. The Morgan fingerprint density at radius 2 is 2.41 bits per heavy atom. The number of carbonyl (C=O) groups excluding carboxylic acids is 1. The molecule has 0 spiro atoms. The maximum atomic E-state index is 13.5. The lowest BCUT2D eigenvalue weighted by molar-refractivity contribution is 0.0674. The van der Waals surface area contributed by atoms with Crippen LogP contribution in [0.15, 0.2) is 22.7 Å². The quantitative estimate of drug-likeness (QED) is 0.870. The number of carbonyl (C=O) groups is 1. The summed E-state index contributed by atoms with van der Waals surface area (Å²) in [6.45, 7) is 1.90. The highest BCUT2D eigenvalue weighted by Gasteiger charge is 2.20. The molecule has 92 valence electrons. The summed E-state index contributed by atoms with van der Waals surface area (Å²) in [5.74, 6) is -0.679. The molecule has 1 fully saturated rings. The van der Waals surface area contributed by atoms with Crippen LogP contribution in [-0.4, -0.2) is 31.6 Å². The molecule has 1 aliphatic heterocycles. The van der Waals surface area contributed by atoms with Gasteiger partial charge in [0.05, 0.1) is 18.8 Å². The van der Waals surface area contributed by atoms with Gasteiger partial charge in [0.1, 0.15) is 5.82 Å². The van der Waals surface area contributed by atoms with Gasteiger partial charge in [0.25, 0.3) is 0 Å². The Morgan fingerprint density at radius 3 is 3.12 bits per heavy atom. The first-order chi connectivity index (χ1) is 8.16. The zero-order chi connectivity index (χ0) is 12.3. The summed E-state index contributed by atoms with van der Waals surface area (Å²) >= 11 is 3.23. The van der Waals surface area contributed by atoms with Crippen LogP contribution in [0.5, 0.6) is 0 Å². The fourth-order valence-electron chi connectivity index (χ4n) is 1.80. The third kappa shape index (κ3) is 3.34. The molecular weight excluding hydrogens is 289 g/mol. The highest BCUT2D eigenvalue weighted by Crippen LogP contribution is 2.18. The number of benzene rings is 1. The number of hydrogen-bond acceptors (Lipinski definition) is 3. The van der Waals surface area contributed by atoms with Crippen LogP contribution in [0, 0.1) is 5.82 Å². The van der Waals surface area contributed by atoms with Gasteiger partial charge in [-0.2, -0.15) is 0 Å². The molecule has 5 heteroatoms. The fourth-order valence-corrected chi connectivity index (χ4v) is 2.16. The number of ether oxygens (including phenoxy) is 1. The molecule has 17 heavy (non-hydrogen) atoms. The molecule has 1 aromatic carbocycles. The molecule has 1 N–H and O–H groups in total. The average molecular weight is 302 g/mol. The van der Waals surface area contributed by atoms with Crippen molar-refractivity contribution in [3.63, 3.8) is 0 Å². The zero-order valence-corrected chi connectivity index (χ0v) is 10.8. The van der Waals surface area contributed by atoms with Crippen LogP contribution in [0.3, 0.4) is 0 Å². The van der Waals surface area contributed by atoms with E-state index in [2.05, 4.69) is 21.2 Å². The highest BCUT2D eigenvalue weighted by molar-refractivity contribution is 9.10. The lowest BCUT2D eigenvalue weighted by Crippen LogP contribution is -2.42. The van der Waals surface area contributed by atoms with Gasteiger partial charge in [0.15, 0.2) is 5.78 Å². The van der Waals surface area contributed by atoms with Crippen LogP contribution >= 0.6 is 15.9 Å². The number of hydrogen-bond donors (Lipinski definition) is 1. The number of halogens is 2. The van der Waals surface area contributed by atoms with Crippen molar-refractivity contribution in [1.29, 1.82) is 0 Å². The molecule has 1 aliphatic rings. The maximum absolute atomic E-state index is 13.5. The minimum atomic E-state index is -0.477. The molecule has 3 nitrogen and oxygen atoms in total. The first-order valence-electron chi connectivity index (χ1n) is 5.46. The van der Waals surface area contributed by atoms with Crippen molar-refractivity contribution >= 4 is 21.7 Å². The predicted molar refractivity (Wildman–Crippen MR) is 65.7 cm³/mol. The minimum absolute atomic E-state index is 0.0189. The van der Waals surface area contributed by atoms with Crippen LogP contribution in [0.2, 0.25) is 0 Å². The number of ketones is 1. The van der Waals surface area contributed by atoms with Crippen molar-refractivity contribution in [3.8, 4) is 0 Å². The second-order valence-electron chi connectivity index (χ2n) is 3.98. The second kappa shape index (κ2) is 5.71. The van der Waals surface area contributed by atoms with Gasteiger partial charge in [-0.15, -0.1) is 0 Å². The number of nitrogens with one attached hydrogen (secondary N) is 1. The van der Waals surface area contributed by atoms with Crippen molar-refractivity contribution in [3.05, 3.63) is 34.1 Å². The summed E-state index contributed by atoms with van der Waals surface area (Å²) < 4.78 is 19.4. The smallest absolute Gasteiger partial charge is 0.167 e. The van der Waals surface area contributed by atoms with Crippen LogP contribution < -0.4 is 5.32 Å². The van der Waals surface area contributed by atoms with E-state index in [0.717, 1.165) is 6.54 Å². The lowest BCUT2D eigenvalue weighted by Gasteiger charge is -2.23. The van der Waals surface area contributed by atoms with E-state index < -0.39 is 5.82 Å². The summed E-state index contributed by atoms with van der Waals surface area (Å²) in [4.78, 5) is 11.9. The third-order valence-corrected chi connectivity index (χ3v) is 3.15. The molecule has 1 heterocycles. The van der Waals surface area contributed by atoms with E-state index in [1.54, 1.807) is 6.07 Å². The highest BCUT2D eigenvalue weighted by atomic mass is 79.9. The molecule has 1 saturated heterocycles. The van der Waals surface area contributed by atoms with E-state index in [1.165, 1.54) is 12.1 Å². The van der Waals surface area contributed by atoms with Gasteiger partial charge in [-0.05, 0) is 18.2 Å². The van der Waals surface area contributed by atoms with E-state index in [9.17, 15) is 9.18 Å². The molecule has 1 aromatic rings. The van der Waals surface area contributed by atoms with Gasteiger partial charge in [-0.1, -0.05) is 15.9 Å². The Hall–Kier alpha value is -0.780. The van der Waals surface area contributed by atoms with E-state index in [0.29, 0.717) is 17.7 Å². The van der Waals surface area contributed by atoms with Crippen molar-refractivity contribution in [1.82, 2.24) is 5.32 Å². The average Bonchev–Trinajstić information content (AvgIpc) is 2.33. The first kappa shape index (κ1) is 12.7. The molecule has 0 bridgehead atoms. The Balaban J connectivity index is 2.05. The molecular formula is C12H13BrFNO2. The molecule has 0 aliphatic carbocycles. The van der Waals surface area contributed by atoms with E-state index >= 15 is 0 Å². The molecule has 0 aromatic heterocycles. The summed E-state index contributed by atoms with van der Waals surface area (Å²) in [6.07, 6.45) is 0.257. The Labute approximate surface area is 107 Å². The molecule has 0 saturated carbocycles. The van der Waals surface area contributed by atoms with Crippen molar-refractivity contribution in [2.24, 2.45) is 0 Å². The standard InChI is InChI=1S/C12H13BrFNO2/c13-8-1-2-11(14)10(5-8)12(16)6-9-7-17-4-3-15-9/h1-2,5,9,15H,3-4,6-7H2. The molecule has 1 unspecified atom stereocenters. The molecule has 0 amide bonds. The van der Waals surface area contributed by atoms with Gasteiger partial charge in [0.2, 0.25) is 0 Å². The van der Waals surface area contributed by atoms with Crippen molar-refractivity contribution < 1.29 is 13.9 Å². The fraction of sp³-hybridized carbons (Fsp3) is 0.417. The lowest BCUT2D eigenvalue weighted by atomic mass is 10.0. The third-order valence-electron chi connectivity index (χ3n) is 2.66. The SMILES string of the molecule is O=C(CC1COCCN1)c1cc(Br)ccc1F. The monoisotopic (exact) mass is 301 g/mol. The molecule has 1 atom stereocenters. The van der Waals surface area contributed by atoms with E-state index in [1.807, 2.05) is 0 Å². The largest absolute Gasteiger partial charge is 0.378 e. The van der Waals surface area contributed by atoms with Gasteiger partial charge in [0, 0.05) is 23.5 Å². The van der Waals surface area contributed by atoms with Crippen molar-refractivity contribution in [2.75, 3.05) is 19.8 Å². The Bertz CT molecular complexity index is 419. The molecule has 0 radical (unpaired) electrons. The molecule has 2 rings (SSSR count). The van der Waals surface area contributed by atoms with Gasteiger partial charge in [-0.3, -0.25) is 4.79 Å². The number of rotatable bonds is 3. The number of morpholine rings is 1. The zero-order valence-electron chi connectivity index (χ0n) is 9.21. The van der Waals surface area contributed by atoms with Crippen LogP contribution in [0.25, 0.3) is 0 Å². The Morgan fingerprint density at radius 1 is 1.59 bits per heavy atom. The number of Topliss-reactive ketones (excluding diaryl/α,β-unsaturated/α-hetero) is 1. The van der Waals surface area contributed by atoms with Crippen LogP contribution in [-0.2, 0) is 4.74 Å².